The average molecular weight is 288 g/mol. The standard InChI is InChI=1S/C15H20N4O2/c1-12-2-3-14-16-13(10-19(14)8-12)9-17-4-6-18(7-5-17)15(21)11-20/h2-3,8,10,20H,4-7,9,11H2,1H3. The van der Waals surface area contributed by atoms with Crippen LogP contribution in [0.15, 0.2) is 24.5 Å². The molecule has 0 atom stereocenters. The Morgan fingerprint density at radius 3 is 2.71 bits per heavy atom. The molecule has 112 valence electrons. The number of hydrogen-bond donors (Lipinski definition) is 1. The van der Waals surface area contributed by atoms with E-state index < -0.39 is 6.61 Å². The summed E-state index contributed by atoms with van der Waals surface area (Å²) in [4.78, 5) is 20.0. The van der Waals surface area contributed by atoms with Crippen molar-refractivity contribution in [1.29, 1.82) is 0 Å². The Morgan fingerprint density at radius 1 is 1.24 bits per heavy atom. The summed E-state index contributed by atoms with van der Waals surface area (Å²) in [6, 6.07) is 4.09. The van der Waals surface area contributed by atoms with E-state index in [9.17, 15) is 4.79 Å². The second-order valence-electron chi connectivity index (χ2n) is 5.52. The van der Waals surface area contributed by atoms with Gasteiger partial charge < -0.3 is 14.4 Å². The van der Waals surface area contributed by atoms with Crippen LogP contribution in [0.3, 0.4) is 0 Å². The van der Waals surface area contributed by atoms with E-state index in [2.05, 4.69) is 39.7 Å². The van der Waals surface area contributed by atoms with Gasteiger partial charge in [0, 0.05) is 45.1 Å². The van der Waals surface area contributed by atoms with Gasteiger partial charge in [0.1, 0.15) is 12.3 Å². The first-order valence-electron chi connectivity index (χ1n) is 7.21. The van der Waals surface area contributed by atoms with Crippen LogP contribution in [0.1, 0.15) is 11.3 Å². The molecule has 1 aliphatic heterocycles. The number of aromatic nitrogens is 2. The van der Waals surface area contributed by atoms with Gasteiger partial charge in [-0.1, -0.05) is 6.07 Å². The summed E-state index contributed by atoms with van der Waals surface area (Å²) < 4.78 is 2.05. The quantitative estimate of drug-likeness (QED) is 0.881. The molecule has 21 heavy (non-hydrogen) atoms. The summed E-state index contributed by atoms with van der Waals surface area (Å²) in [5, 5.41) is 8.87. The van der Waals surface area contributed by atoms with Gasteiger partial charge >= 0.3 is 0 Å². The van der Waals surface area contributed by atoms with E-state index >= 15 is 0 Å². The molecule has 3 heterocycles. The Bertz CT molecular complexity index is 644. The summed E-state index contributed by atoms with van der Waals surface area (Å²) >= 11 is 0. The fourth-order valence-electron chi connectivity index (χ4n) is 2.72. The maximum atomic E-state index is 11.4. The molecule has 6 heteroatoms. The second kappa shape index (κ2) is 5.83. The first-order chi connectivity index (χ1) is 10.2. The SMILES string of the molecule is Cc1ccc2nc(CN3CCN(C(=O)CO)CC3)cn2c1. The summed E-state index contributed by atoms with van der Waals surface area (Å²) in [5.74, 6) is -0.183. The maximum absolute atomic E-state index is 11.4. The van der Waals surface area contributed by atoms with Gasteiger partial charge in [-0.05, 0) is 18.6 Å². The topological polar surface area (TPSA) is 61.1 Å². The van der Waals surface area contributed by atoms with Crippen molar-refractivity contribution in [3.05, 3.63) is 35.8 Å². The maximum Gasteiger partial charge on any atom is 0.248 e. The third-order valence-corrected chi connectivity index (χ3v) is 3.89. The van der Waals surface area contributed by atoms with Crippen molar-refractivity contribution in [2.45, 2.75) is 13.5 Å². The number of aliphatic hydroxyl groups excluding tert-OH is 1. The smallest absolute Gasteiger partial charge is 0.248 e. The van der Waals surface area contributed by atoms with Gasteiger partial charge in [-0.25, -0.2) is 4.98 Å². The zero-order valence-electron chi connectivity index (χ0n) is 12.2. The minimum absolute atomic E-state index is 0.183. The summed E-state index contributed by atoms with van der Waals surface area (Å²) in [5.41, 5.74) is 3.22. The Morgan fingerprint density at radius 2 is 2.00 bits per heavy atom. The van der Waals surface area contributed by atoms with Crippen LogP contribution in [0.4, 0.5) is 0 Å². The molecule has 3 rings (SSSR count). The van der Waals surface area contributed by atoms with E-state index in [1.165, 1.54) is 5.56 Å². The molecule has 0 bridgehead atoms. The number of aliphatic hydroxyl groups is 1. The Labute approximate surface area is 123 Å². The monoisotopic (exact) mass is 288 g/mol. The zero-order chi connectivity index (χ0) is 14.8. The van der Waals surface area contributed by atoms with Gasteiger partial charge in [0.2, 0.25) is 5.91 Å². The normalized spacial score (nSPS) is 16.6. The summed E-state index contributed by atoms with van der Waals surface area (Å²) in [7, 11) is 0. The van der Waals surface area contributed by atoms with Crippen molar-refractivity contribution >= 4 is 11.6 Å². The van der Waals surface area contributed by atoms with Gasteiger partial charge in [0.05, 0.1) is 5.69 Å². The molecule has 2 aromatic heterocycles. The van der Waals surface area contributed by atoms with E-state index in [0.717, 1.165) is 31.0 Å². The number of carbonyl (C=O) groups is 1. The number of aryl methyl sites for hydroxylation is 1. The molecule has 0 spiro atoms. The van der Waals surface area contributed by atoms with Crippen LogP contribution in [-0.2, 0) is 11.3 Å². The van der Waals surface area contributed by atoms with Crippen LogP contribution in [0.5, 0.6) is 0 Å². The van der Waals surface area contributed by atoms with Crippen molar-refractivity contribution in [1.82, 2.24) is 19.2 Å². The minimum atomic E-state index is -0.397. The minimum Gasteiger partial charge on any atom is -0.387 e. The number of nitrogens with zero attached hydrogens (tertiary/aromatic N) is 4. The van der Waals surface area contributed by atoms with Crippen LogP contribution in [-0.4, -0.2) is 63.0 Å². The van der Waals surface area contributed by atoms with Gasteiger partial charge in [0.15, 0.2) is 0 Å². The van der Waals surface area contributed by atoms with Crippen molar-refractivity contribution < 1.29 is 9.90 Å². The summed E-state index contributed by atoms with van der Waals surface area (Å²) in [6.07, 6.45) is 4.14. The summed E-state index contributed by atoms with van der Waals surface area (Å²) in [6.45, 7) is 5.44. The number of amides is 1. The van der Waals surface area contributed by atoms with Crippen LogP contribution in [0.2, 0.25) is 0 Å². The Kier molecular flexibility index (Phi) is 3.90. The predicted octanol–water partition coefficient (Wildman–Crippen LogP) is 0.279. The lowest BCUT2D eigenvalue weighted by Crippen LogP contribution is -2.49. The van der Waals surface area contributed by atoms with E-state index in [1.807, 2.05) is 6.07 Å². The van der Waals surface area contributed by atoms with Gasteiger partial charge in [-0.3, -0.25) is 9.69 Å². The molecule has 0 saturated carbocycles. The lowest BCUT2D eigenvalue weighted by molar-refractivity contribution is -0.136. The molecule has 6 nitrogen and oxygen atoms in total. The fraction of sp³-hybridized carbons (Fsp3) is 0.467. The first-order valence-corrected chi connectivity index (χ1v) is 7.21. The molecule has 0 unspecified atom stereocenters. The van der Waals surface area contributed by atoms with Crippen molar-refractivity contribution in [2.75, 3.05) is 32.8 Å². The number of carbonyl (C=O) groups excluding carboxylic acids is 1. The van der Waals surface area contributed by atoms with Crippen molar-refractivity contribution in [3.63, 3.8) is 0 Å². The van der Waals surface area contributed by atoms with Crippen molar-refractivity contribution in [2.24, 2.45) is 0 Å². The number of piperazine rings is 1. The largest absolute Gasteiger partial charge is 0.387 e. The van der Waals surface area contributed by atoms with Gasteiger partial charge in [-0.15, -0.1) is 0 Å². The van der Waals surface area contributed by atoms with Crippen LogP contribution >= 0.6 is 0 Å². The van der Waals surface area contributed by atoms with Crippen molar-refractivity contribution in [3.8, 4) is 0 Å². The Balaban J connectivity index is 1.63. The molecule has 0 aromatic carbocycles. The number of hydrogen-bond acceptors (Lipinski definition) is 4. The molecule has 1 N–H and O–H groups in total. The molecule has 0 radical (unpaired) electrons. The molecule has 2 aromatic rings. The third kappa shape index (κ3) is 3.06. The van der Waals surface area contributed by atoms with Crippen LogP contribution in [0.25, 0.3) is 5.65 Å². The Hall–Kier alpha value is -1.92. The second-order valence-corrected chi connectivity index (χ2v) is 5.52. The van der Waals surface area contributed by atoms with Gasteiger partial charge in [-0.2, -0.15) is 0 Å². The molecular weight excluding hydrogens is 268 g/mol. The molecule has 1 aliphatic rings. The van der Waals surface area contributed by atoms with E-state index in [-0.39, 0.29) is 5.91 Å². The molecule has 0 aliphatic carbocycles. The lowest BCUT2D eigenvalue weighted by atomic mass is 10.3. The number of rotatable bonds is 3. The first kappa shape index (κ1) is 14.0. The lowest BCUT2D eigenvalue weighted by Gasteiger charge is -2.34. The van der Waals surface area contributed by atoms with E-state index in [0.29, 0.717) is 13.1 Å². The number of imidazole rings is 1. The fourth-order valence-corrected chi connectivity index (χ4v) is 2.72. The molecule has 1 amide bonds. The van der Waals surface area contributed by atoms with Gasteiger partial charge in [0.25, 0.3) is 0 Å². The molecular formula is C15H20N4O2. The van der Waals surface area contributed by atoms with Crippen LogP contribution in [0, 0.1) is 6.92 Å². The zero-order valence-corrected chi connectivity index (χ0v) is 12.2. The third-order valence-electron chi connectivity index (χ3n) is 3.89. The van der Waals surface area contributed by atoms with E-state index in [4.69, 9.17) is 5.11 Å². The predicted molar refractivity (Wildman–Crippen MR) is 78.9 cm³/mol. The molecule has 1 fully saturated rings. The molecule has 1 saturated heterocycles. The van der Waals surface area contributed by atoms with Crippen LogP contribution < -0.4 is 0 Å². The van der Waals surface area contributed by atoms with E-state index in [1.54, 1.807) is 4.90 Å². The highest BCUT2D eigenvalue weighted by Crippen LogP contribution is 2.11. The highest BCUT2D eigenvalue weighted by molar-refractivity contribution is 5.77. The average Bonchev–Trinajstić information content (AvgIpc) is 2.88. The number of pyridine rings is 1. The number of fused-ring (bicyclic) bond motifs is 1. The highest BCUT2D eigenvalue weighted by Gasteiger charge is 2.20. The highest BCUT2D eigenvalue weighted by atomic mass is 16.3.